The van der Waals surface area contributed by atoms with Gasteiger partial charge in [0.15, 0.2) is 0 Å². The van der Waals surface area contributed by atoms with Crippen LogP contribution in [0.1, 0.15) is 11.1 Å². The molecule has 0 aromatic heterocycles. The van der Waals surface area contributed by atoms with Crippen LogP contribution in [0.3, 0.4) is 0 Å². The molecule has 0 atom stereocenters. The predicted molar refractivity (Wildman–Crippen MR) is 69.9 cm³/mol. The smallest absolute Gasteiger partial charge is 0.126 e. The van der Waals surface area contributed by atoms with Gasteiger partial charge in [-0.25, -0.2) is 4.39 Å². The van der Waals surface area contributed by atoms with Crippen LogP contribution in [0.15, 0.2) is 42.5 Å². The van der Waals surface area contributed by atoms with Crippen molar-refractivity contribution in [2.75, 3.05) is 5.32 Å². The number of benzene rings is 2. The molecule has 2 rings (SSSR count). The van der Waals surface area contributed by atoms with Crippen molar-refractivity contribution in [3.63, 3.8) is 0 Å². The van der Waals surface area contributed by atoms with E-state index in [1.54, 1.807) is 13.0 Å². The molecule has 0 bridgehead atoms. The number of nitrogens with one attached hydrogen (secondary N) is 1. The lowest BCUT2D eigenvalue weighted by atomic mass is 10.1. The van der Waals surface area contributed by atoms with Gasteiger partial charge in [-0.1, -0.05) is 23.7 Å². The molecule has 0 saturated carbocycles. The Hall–Kier alpha value is -1.54. The van der Waals surface area contributed by atoms with E-state index in [1.165, 1.54) is 6.07 Å². The summed E-state index contributed by atoms with van der Waals surface area (Å²) in [4.78, 5) is 0. The second kappa shape index (κ2) is 5.19. The number of anilines is 1. The molecule has 0 amide bonds. The van der Waals surface area contributed by atoms with E-state index in [2.05, 4.69) is 5.32 Å². The minimum absolute atomic E-state index is 0.166. The van der Waals surface area contributed by atoms with Crippen LogP contribution in [0.2, 0.25) is 5.02 Å². The molecule has 2 aromatic carbocycles. The average Bonchev–Trinajstić information content (AvgIpc) is 2.33. The van der Waals surface area contributed by atoms with Gasteiger partial charge in [0.2, 0.25) is 0 Å². The van der Waals surface area contributed by atoms with E-state index >= 15 is 0 Å². The third-order valence-electron chi connectivity index (χ3n) is 2.56. The van der Waals surface area contributed by atoms with Crippen LogP contribution in [-0.2, 0) is 6.54 Å². The fraction of sp³-hybridized carbons (Fsp3) is 0.143. The Morgan fingerprint density at radius 2 is 1.82 bits per heavy atom. The first kappa shape index (κ1) is 11.9. The van der Waals surface area contributed by atoms with E-state index < -0.39 is 0 Å². The lowest BCUT2D eigenvalue weighted by molar-refractivity contribution is 0.617. The Kier molecular flexibility index (Phi) is 3.64. The van der Waals surface area contributed by atoms with Crippen molar-refractivity contribution < 1.29 is 4.39 Å². The third kappa shape index (κ3) is 3.21. The van der Waals surface area contributed by atoms with Crippen molar-refractivity contribution in [1.29, 1.82) is 0 Å². The molecule has 0 radical (unpaired) electrons. The van der Waals surface area contributed by atoms with Crippen LogP contribution in [0.4, 0.5) is 10.1 Å². The van der Waals surface area contributed by atoms with E-state index in [1.807, 2.05) is 30.3 Å². The summed E-state index contributed by atoms with van der Waals surface area (Å²) in [6.45, 7) is 2.43. The van der Waals surface area contributed by atoms with E-state index in [9.17, 15) is 4.39 Å². The Balaban J connectivity index is 2.02. The minimum atomic E-state index is -0.166. The Labute approximate surface area is 105 Å². The third-order valence-corrected chi connectivity index (χ3v) is 2.82. The molecule has 0 saturated heterocycles. The van der Waals surface area contributed by atoms with E-state index in [4.69, 9.17) is 11.6 Å². The first-order chi connectivity index (χ1) is 8.15. The Morgan fingerprint density at radius 3 is 2.47 bits per heavy atom. The van der Waals surface area contributed by atoms with Gasteiger partial charge in [-0.15, -0.1) is 0 Å². The molecule has 17 heavy (non-hydrogen) atoms. The van der Waals surface area contributed by atoms with Crippen molar-refractivity contribution in [2.45, 2.75) is 13.5 Å². The normalized spacial score (nSPS) is 10.3. The summed E-state index contributed by atoms with van der Waals surface area (Å²) in [6, 6.07) is 12.6. The van der Waals surface area contributed by atoms with Crippen LogP contribution >= 0.6 is 11.6 Å². The summed E-state index contributed by atoms with van der Waals surface area (Å²) in [5, 5.41) is 3.97. The molecule has 1 nitrogen and oxygen atoms in total. The highest BCUT2D eigenvalue weighted by Crippen LogP contribution is 2.15. The molecular weight excluding hydrogens is 237 g/mol. The predicted octanol–water partition coefficient (Wildman–Crippen LogP) is 4.40. The molecular formula is C14H13ClFN. The summed E-state index contributed by atoms with van der Waals surface area (Å²) in [5.74, 6) is -0.166. The molecule has 1 N–H and O–H groups in total. The van der Waals surface area contributed by atoms with Gasteiger partial charge in [0, 0.05) is 17.3 Å². The van der Waals surface area contributed by atoms with Crippen molar-refractivity contribution in [3.8, 4) is 0 Å². The largest absolute Gasteiger partial charge is 0.381 e. The Bertz CT molecular complexity index is 508. The first-order valence-corrected chi connectivity index (χ1v) is 5.77. The topological polar surface area (TPSA) is 12.0 Å². The van der Waals surface area contributed by atoms with Crippen LogP contribution in [0.5, 0.6) is 0 Å². The molecule has 0 fully saturated rings. The minimum Gasteiger partial charge on any atom is -0.381 e. The van der Waals surface area contributed by atoms with Crippen molar-refractivity contribution in [3.05, 3.63) is 64.4 Å². The molecule has 88 valence electrons. The molecule has 0 aliphatic rings. The van der Waals surface area contributed by atoms with Crippen molar-refractivity contribution >= 4 is 17.3 Å². The second-order valence-corrected chi connectivity index (χ2v) is 4.38. The number of aryl methyl sites for hydroxylation is 1. The zero-order valence-electron chi connectivity index (χ0n) is 9.50. The molecule has 0 aliphatic carbocycles. The molecule has 0 heterocycles. The van der Waals surface area contributed by atoms with Gasteiger partial charge in [-0.2, -0.15) is 0 Å². The van der Waals surface area contributed by atoms with Crippen molar-refractivity contribution in [1.82, 2.24) is 0 Å². The van der Waals surface area contributed by atoms with Gasteiger partial charge >= 0.3 is 0 Å². The SMILES string of the molecule is Cc1cc(CNc2ccc(Cl)cc2)ccc1F. The van der Waals surface area contributed by atoms with Gasteiger partial charge in [0.05, 0.1) is 0 Å². The molecule has 0 spiro atoms. The van der Waals surface area contributed by atoms with Gasteiger partial charge in [0.25, 0.3) is 0 Å². The molecule has 0 aliphatic heterocycles. The number of hydrogen-bond acceptors (Lipinski definition) is 1. The molecule has 0 unspecified atom stereocenters. The van der Waals surface area contributed by atoms with Gasteiger partial charge in [-0.3, -0.25) is 0 Å². The summed E-state index contributed by atoms with van der Waals surface area (Å²) in [7, 11) is 0. The monoisotopic (exact) mass is 249 g/mol. The van der Waals surface area contributed by atoms with Gasteiger partial charge in [0.1, 0.15) is 5.82 Å². The van der Waals surface area contributed by atoms with E-state index in [-0.39, 0.29) is 5.82 Å². The summed E-state index contributed by atoms with van der Waals surface area (Å²) < 4.78 is 13.1. The molecule has 3 heteroatoms. The molecule has 2 aromatic rings. The zero-order chi connectivity index (χ0) is 12.3. The Morgan fingerprint density at radius 1 is 1.12 bits per heavy atom. The standard InChI is InChI=1S/C14H13ClFN/c1-10-8-11(2-7-14(10)16)9-17-13-5-3-12(15)4-6-13/h2-8,17H,9H2,1H3. The quantitative estimate of drug-likeness (QED) is 0.850. The summed E-state index contributed by atoms with van der Waals surface area (Å²) >= 11 is 5.80. The van der Waals surface area contributed by atoms with Crippen LogP contribution in [0, 0.1) is 12.7 Å². The van der Waals surface area contributed by atoms with Gasteiger partial charge in [-0.05, 0) is 48.4 Å². The second-order valence-electron chi connectivity index (χ2n) is 3.94. The fourth-order valence-corrected chi connectivity index (χ4v) is 1.71. The number of halogens is 2. The number of hydrogen-bond donors (Lipinski definition) is 1. The highest BCUT2D eigenvalue weighted by Gasteiger charge is 1.99. The average molecular weight is 250 g/mol. The summed E-state index contributed by atoms with van der Waals surface area (Å²) in [6.07, 6.45) is 0. The summed E-state index contributed by atoms with van der Waals surface area (Å²) in [5.41, 5.74) is 2.72. The van der Waals surface area contributed by atoms with E-state index in [0.29, 0.717) is 17.1 Å². The zero-order valence-corrected chi connectivity index (χ0v) is 10.3. The maximum Gasteiger partial charge on any atom is 0.126 e. The highest BCUT2D eigenvalue weighted by atomic mass is 35.5. The lowest BCUT2D eigenvalue weighted by Crippen LogP contribution is -1.99. The maximum absolute atomic E-state index is 13.1. The van der Waals surface area contributed by atoms with Crippen LogP contribution in [0.25, 0.3) is 0 Å². The van der Waals surface area contributed by atoms with Crippen LogP contribution < -0.4 is 5.32 Å². The first-order valence-electron chi connectivity index (χ1n) is 5.39. The van der Waals surface area contributed by atoms with Crippen LogP contribution in [-0.4, -0.2) is 0 Å². The fourth-order valence-electron chi connectivity index (χ4n) is 1.59. The van der Waals surface area contributed by atoms with E-state index in [0.717, 1.165) is 11.3 Å². The number of rotatable bonds is 3. The van der Waals surface area contributed by atoms with Gasteiger partial charge < -0.3 is 5.32 Å². The maximum atomic E-state index is 13.1. The highest BCUT2D eigenvalue weighted by molar-refractivity contribution is 6.30. The van der Waals surface area contributed by atoms with Crippen molar-refractivity contribution in [2.24, 2.45) is 0 Å². The lowest BCUT2D eigenvalue weighted by Gasteiger charge is -2.07.